The van der Waals surface area contributed by atoms with E-state index in [4.69, 9.17) is 9.97 Å². The van der Waals surface area contributed by atoms with Crippen molar-refractivity contribution in [3.8, 4) is 22.4 Å². The van der Waals surface area contributed by atoms with E-state index in [2.05, 4.69) is 31.0 Å². The Bertz CT molecular complexity index is 2020. The minimum atomic E-state index is -3.99. The molecular formula is C35H37N5O4S. The second-order valence-electron chi connectivity index (χ2n) is 12.1. The zero-order chi connectivity index (χ0) is 32.0. The molecule has 3 heterocycles. The number of amides is 1. The zero-order valence-corrected chi connectivity index (χ0v) is 27.0. The van der Waals surface area contributed by atoms with Crippen LogP contribution < -0.4 is 0 Å². The number of likely N-dealkylation sites (N-methyl/N-ethyl adjacent to an activating group) is 2. The summed E-state index contributed by atoms with van der Waals surface area (Å²) < 4.78 is 29.0. The van der Waals surface area contributed by atoms with Crippen LogP contribution in [0.3, 0.4) is 0 Å². The van der Waals surface area contributed by atoms with E-state index in [0.717, 1.165) is 30.6 Å². The first-order chi connectivity index (χ1) is 21.4. The molecule has 0 aliphatic carbocycles. The van der Waals surface area contributed by atoms with E-state index in [0.29, 0.717) is 27.9 Å². The summed E-state index contributed by atoms with van der Waals surface area (Å²) in [5.74, 6) is -0.220. The summed E-state index contributed by atoms with van der Waals surface area (Å²) in [5, 5.41) is 9.71. The smallest absolute Gasteiger partial charge is 0.269 e. The number of fused-ring (bicyclic) bond motifs is 2. The number of carbonyl (C=O) groups excluding carboxylic acids is 1. The van der Waals surface area contributed by atoms with Crippen molar-refractivity contribution >= 4 is 27.1 Å². The third-order valence-electron chi connectivity index (χ3n) is 8.41. The Balaban J connectivity index is 1.49. The van der Waals surface area contributed by atoms with Gasteiger partial charge in [0.25, 0.3) is 15.9 Å². The van der Waals surface area contributed by atoms with Gasteiger partial charge >= 0.3 is 0 Å². The molecular weight excluding hydrogens is 586 g/mol. The molecule has 1 aliphatic rings. The number of hydrogen-bond donors (Lipinski definition) is 1. The SMILES string of the molecule is Cc1ccc(S(=O)(=O)n2cc(-c3ccc(C(=O)N(C)CC(C)O)cc3)c3nc(-c4cc(C)c5c(c4)CN(C)CC5)cnc32)cc1. The Morgan fingerprint density at radius 2 is 1.76 bits per heavy atom. The topological polar surface area (TPSA) is 109 Å². The molecule has 0 spiro atoms. The van der Waals surface area contributed by atoms with Crippen LogP contribution in [-0.2, 0) is 23.0 Å². The summed E-state index contributed by atoms with van der Waals surface area (Å²) in [5.41, 5.74) is 8.79. The van der Waals surface area contributed by atoms with Crippen LogP contribution in [0.5, 0.6) is 0 Å². The molecule has 0 radical (unpaired) electrons. The van der Waals surface area contributed by atoms with Crippen molar-refractivity contribution < 1.29 is 18.3 Å². The number of hydrogen-bond acceptors (Lipinski definition) is 7. The van der Waals surface area contributed by atoms with Crippen LogP contribution in [0.25, 0.3) is 33.5 Å². The van der Waals surface area contributed by atoms with Crippen molar-refractivity contribution in [3.63, 3.8) is 0 Å². The summed E-state index contributed by atoms with van der Waals surface area (Å²) in [4.78, 5) is 26.6. The highest BCUT2D eigenvalue weighted by atomic mass is 32.2. The fourth-order valence-corrected chi connectivity index (χ4v) is 7.34. The monoisotopic (exact) mass is 623 g/mol. The van der Waals surface area contributed by atoms with Crippen LogP contribution in [0.4, 0.5) is 0 Å². The first-order valence-electron chi connectivity index (χ1n) is 15.0. The number of aromatic nitrogens is 3. The number of aryl methyl sites for hydroxylation is 2. The maximum Gasteiger partial charge on any atom is 0.269 e. The van der Waals surface area contributed by atoms with Crippen LogP contribution in [0.15, 0.2) is 78.0 Å². The third kappa shape index (κ3) is 5.88. The quantitative estimate of drug-likeness (QED) is 0.270. The molecule has 1 atom stereocenters. The minimum Gasteiger partial charge on any atom is -0.392 e. The van der Waals surface area contributed by atoms with Crippen LogP contribution in [0, 0.1) is 13.8 Å². The molecule has 45 heavy (non-hydrogen) atoms. The number of aliphatic hydroxyl groups is 1. The van der Waals surface area contributed by atoms with E-state index in [-0.39, 0.29) is 23.0 Å². The molecule has 3 aromatic carbocycles. The average molecular weight is 624 g/mol. The highest BCUT2D eigenvalue weighted by Gasteiger charge is 2.25. The van der Waals surface area contributed by atoms with Crippen LogP contribution in [-0.4, -0.2) is 76.5 Å². The van der Waals surface area contributed by atoms with Gasteiger partial charge in [0.1, 0.15) is 5.52 Å². The van der Waals surface area contributed by atoms with Gasteiger partial charge in [-0.25, -0.2) is 22.4 Å². The normalized spacial score (nSPS) is 14.4. The lowest BCUT2D eigenvalue weighted by molar-refractivity contribution is 0.0703. The lowest BCUT2D eigenvalue weighted by atomic mass is 9.92. The molecule has 1 amide bonds. The van der Waals surface area contributed by atoms with E-state index in [1.807, 2.05) is 6.92 Å². The highest BCUT2D eigenvalue weighted by Crippen LogP contribution is 2.34. The van der Waals surface area contributed by atoms with Gasteiger partial charge in [0.15, 0.2) is 5.65 Å². The van der Waals surface area contributed by atoms with Gasteiger partial charge < -0.3 is 14.9 Å². The van der Waals surface area contributed by atoms with Gasteiger partial charge in [0.2, 0.25) is 0 Å². The lowest BCUT2D eigenvalue weighted by Crippen LogP contribution is -2.32. The van der Waals surface area contributed by atoms with Gasteiger partial charge in [-0.15, -0.1) is 0 Å². The maximum atomic E-state index is 13.9. The van der Waals surface area contributed by atoms with Crippen molar-refractivity contribution in [2.75, 3.05) is 27.2 Å². The van der Waals surface area contributed by atoms with E-state index < -0.39 is 16.1 Å². The molecule has 5 aromatic rings. The largest absolute Gasteiger partial charge is 0.392 e. The van der Waals surface area contributed by atoms with Gasteiger partial charge in [0, 0.05) is 49.6 Å². The summed E-state index contributed by atoms with van der Waals surface area (Å²) in [6.07, 6.45) is 3.56. The Kier molecular flexibility index (Phi) is 8.07. The van der Waals surface area contributed by atoms with E-state index in [1.165, 1.54) is 25.6 Å². The molecule has 232 valence electrons. The Hall–Kier alpha value is -4.38. The lowest BCUT2D eigenvalue weighted by Gasteiger charge is -2.27. The molecule has 1 N–H and O–H groups in total. The second-order valence-corrected chi connectivity index (χ2v) is 13.9. The van der Waals surface area contributed by atoms with Gasteiger partial charge in [-0.2, -0.15) is 0 Å². The maximum absolute atomic E-state index is 13.9. The summed E-state index contributed by atoms with van der Waals surface area (Å²) in [7, 11) is -0.234. The van der Waals surface area contributed by atoms with Crippen LogP contribution >= 0.6 is 0 Å². The van der Waals surface area contributed by atoms with Gasteiger partial charge in [0.05, 0.1) is 22.9 Å². The van der Waals surface area contributed by atoms with Crippen LogP contribution in [0.1, 0.15) is 39.5 Å². The molecule has 0 saturated carbocycles. The van der Waals surface area contributed by atoms with Gasteiger partial charge in [-0.05, 0) is 92.9 Å². The number of rotatable bonds is 7. The zero-order valence-electron chi connectivity index (χ0n) is 26.2. The summed E-state index contributed by atoms with van der Waals surface area (Å²) >= 11 is 0. The Morgan fingerprint density at radius 1 is 1.04 bits per heavy atom. The molecule has 0 fully saturated rings. The summed E-state index contributed by atoms with van der Waals surface area (Å²) in [6, 6.07) is 18.0. The number of aliphatic hydroxyl groups excluding tert-OH is 1. The molecule has 10 heteroatoms. The standard InChI is InChI=1S/C35H37N5O4S/c1-22-6-12-29(13-7-22)45(43,44)40-21-31(25-8-10-26(11-9-25)35(42)39(5)19-24(3)41)33-34(40)36-18-32(37-33)27-16-23(2)30-14-15-38(4)20-28(30)17-27/h6-13,16-18,21,24,41H,14-15,19-20H2,1-5H3. The third-order valence-corrected chi connectivity index (χ3v) is 10.1. The molecule has 0 bridgehead atoms. The fraction of sp³-hybridized carbons (Fsp3) is 0.286. The van der Waals surface area contributed by atoms with Crippen molar-refractivity contribution in [3.05, 3.63) is 101 Å². The first kappa shape index (κ1) is 30.6. The van der Waals surface area contributed by atoms with Crippen molar-refractivity contribution in [1.82, 2.24) is 23.7 Å². The molecule has 9 nitrogen and oxygen atoms in total. The van der Waals surface area contributed by atoms with Crippen molar-refractivity contribution in [2.45, 2.75) is 44.7 Å². The van der Waals surface area contributed by atoms with Gasteiger partial charge in [-0.3, -0.25) is 4.79 Å². The molecule has 1 aliphatic heterocycles. The van der Waals surface area contributed by atoms with Crippen molar-refractivity contribution in [1.29, 1.82) is 0 Å². The van der Waals surface area contributed by atoms with Crippen LogP contribution in [0.2, 0.25) is 0 Å². The predicted molar refractivity (Wildman–Crippen MR) is 176 cm³/mol. The van der Waals surface area contributed by atoms with Crippen molar-refractivity contribution in [2.24, 2.45) is 0 Å². The number of benzene rings is 3. The van der Waals surface area contributed by atoms with E-state index >= 15 is 0 Å². The molecule has 1 unspecified atom stereocenters. The fourth-order valence-electron chi connectivity index (χ4n) is 6.02. The average Bonchev–Trinajstić information content (AvgIpc) is 3.40. The van der Waals surface area contributed by atoms with E-state index in [1.54, 1.807) is 74.9 Å². The molecule has 6 rings (SSSR count). The first-order valence-corrected chi connectivity index (χ1v) is 16.4. The second kappa shape index (κ2) is 11.8. The highest BCUT2D eigenvalue weighted by molar-refractivity contribution is 7.90. The Labute approximate surface area is 263 Å². The van der Waals surface area contributed by atoms with Gasteiger partial charge in [-0.1, -0.05) is 29.8 Å². The molecule has 0 saturated heterocycles. The number of carbonyl (C=O) groups is 1. The Morgan fingerprint density at radius 3 is 2.44 bits per heavy atom. The minimum absolute atomic E-state index is 0.152. The predicted octanol–water partition coefficient (Wildman–Crippen LogP) is 5.06. The van der Waals surface area contributed by atoms with E-state index in [9.17, 15) is 18.3 Å². The summed E-state index contributed by atoms with van der Waals surface area (Å²) in [6.45, 7) is 7.75. The molecule has 2 aromatic heterocycles. The number of nitrogens with zero attached hydrogens (tertiary/aromatic N) is 5.